The quantitative estimate of drug-likeness (QED) is 0.771. The maximum absolute atomic E-state index is 12.7. The molecule has 3 heterocycles. The summed E-state index contributed by atoms with van der Waals surface area (Å²) >= 11 is 0. The summed E-state index contributed by atoms with van der Waals surface area (Å²) in [7, 11) is 0. The molecular formula is C18H31N3O3. The zero-order valence-corrected chi connectivity index (χ0v) is 15.1. The normalized spacial score (nSPS) is 31.7. The van der Waals surface area contributed by atoms with E-state index < -0.39 is 0 Å². The second kappa shape index (κ2) is 7.83. The van der Waals surface area contributed by atoms with Crippen molar-refractivity contribution in [3.8, 4) is 0 Å². The summed E-state index contributed by atoms with van der Waals surface area (Å²) in [5.74, 6) is 0.394. The number of ether oxygens (including phenoxy) is 1. The summed E-state index contributed by atoms with van der Waals surface area (Å²) in [4.78, 5) is 30.9. The van der Waals surface area contributed by atoms with Gasteiger partial charge in [-0.05, 0) is 38.6 Å². The number of carbonyl (C=O) groups is 2. The van der Waals surface area contributed by atoms with Crippen LogP contribution in [0.3, 0.4) is 0 Å². The molecule has 0 aromatic rings. The van der Waals surface area contributed by atoms with Crippen molar-refractivity contribution in [2.24, 2.45) is 0 Å². The highest BCUT2D eigenvalue weighted by molar-refractivity contribution is 5.78. The first-order chi connectivity index (χ1) is 11.6. The maximum atomic E-state index is 12.7. The molecule has 6 nitrogen and oxygen atoms in total. The number of likely N-dealkylation sites (tertiary alicyclic amines) is 2. The van der Waals surface area contributed by atoms with E-state index in [1.165, 1.54) is 0 Å². The highest BCUT2D eigenvalue weighted by atomic mass is 16.5. The predicted octanol–water partition coefficient (Wildman–Crippen LogP) is 1.10. The lowest BCUT2D eigenvalue weighted by Crippen LogP contribution is -2.52. The highest BCUT2D eigenvalue weighted by Crippen LogP contribution is 2.30. The van der Waals surface area contributed by atoms with Gasteiger partial charge >= 0.3 is 0 Å². The molecule has 0 radical (unpaired) electrons. The molecule has 0 N–H and O–H groups in total. The van der Waals surface area contributed by atoms with E-state index in [9.17, 15) is 9.59 Å². The van der Waals surface area contributed by atoms with Gasteiger partial charge in [0.2, 0.25) is 11.8 Å². The standard InChI is InChI=1S/C18H31N3O3/c1-3-15-12-20(10-11-24-15)18(23)13-19-8-4-6-16(19)17-7-5-9-21(17)14(2)22/h15-17H,3-13H2,1-2H3/t15-,16+,17+/m1/s1. The number of hydrogen-bond donors (Lipinski definition) is 0. The Labute approximate surface area is 145 Å². The molecule has 3 atom stereocenters. The first-order valence-electron chi connectivity index (χ1n) is 9.50. The first-order valence-corrected chi connectivity index (χ1v) is 9.50. The van der Waals surface area contributed by atoms with Crippen molar-refractivity contribution in [1.29, 1.82) is 0 Å². The average molecular weight is 337 g/mol. The number of carbonyl (C=O) groups excluding carboxylic acids is 2. The van der Waals surface area contributed by atoms with E-state index in [0.717, 1.165) is 51.7 Å². The molecule has 2 amide bonds. The summed E-state index contributed by atoms with van der Waals surface area (Å²) in [6.45, 7) is 8.18. The van der Waals surface area contributed by atoms with Gasteiger partial charge in [-0.15, -0.1) is 0 Å². The summed E-state index contributed by atoms with van der Waals surface area (Å²) in [5.41, 5.74) is 0. The van der Waals surface area contributed by atoms with Crippen LogP contribution >= 0.6 is 0 Å². The minimum absolute atomic E-state index is 0.176. The van der Waals surface area contributed by atoms with Crippen molar-refractivity contribution in [2.75, 3.05) is 39.3 Å². The van der Waals surface area contributed by atoms with E-state index >= 15 is 0 Å². The minimum atomic E-state index is 0.176. The topological polar surface area (TPSA) is 53.1 Å². The van der Waals surface area contributed by atoms with E-state index in [2.05, 4.69) is 11.8 Å². The van der Waals surface area contributed by atoms with Crippen LogP contribution in [0.25, 0.3) is 0 Å². The van der Waals surface area contributed by atoms with Gasteiger partial charge in [-0.25, -0.2) is 0 Å². The van der Waals surface area contributed by atoms with E-state index in [-0.39, 0.29) is 17.9 Å². The maximum Gasteiger partial charge on any atom is 0.236 e. The number of nitrogens with zero attached hydrogens (tertiary/aromatic N) is 3. The largest absolute Gasteiger partial charge is 0.375 e. The van der Waals surface area contributed by atoms with Gasteiger partial charge in [-0.2, -0.15) is 0 Å². The van der Waals surface area contributed by atoms with Crippen molar-refractivity contribution in [3.05, 3.63) is 0 Å². The summed E-state index contributed by atoms with van der Waals surface area (Å²) in [6.07, 6.45) is 5.52. The van der Waals surface area contributed by atoms with Crippen LogP contribution < -0.4 is 0 Å². The Morgan fingerprint density at radius 3 is 2.58 bits per heavy atom. The van der Waals surface area contributed by atoms with Crippen LogP contribution in [-0.2, 0) is 14.3 Å². The van der Waals surface area contributed by atoms with Crippen molar-refractivity contribution in [1.82, 2.24) is 14.7 Å². The lowest BCUT2D eigenvalue weighted by atomic mass is 10.0. The van der Waals surface area contributed by atoms with Crippen LogP contribution in [0.5, 0.6) is 0 Å². The molecule has 0 aromatic carbocycles. The Hall–Kier alpha value is -1.14. The third kappa shape index (κ3) is 3.75. The van der Waals surface area contributed by atoms with Gasteiger partial charge in [0, 0.05) is 38.6 Å². The molecule has 0 bridgehead atoms. The summed E-state index contributed by atoms with van der Waals surface area (Å²) in [6, 6.07) is 0.647. The summed E-state index contributed by atoms with van der Waals surface area (Å²) < 4.78 is 5.67. The molecule has 3 aliphatic rings. The third-order valence-electron chi connectivity index (χ3n) is 5.85. The molecular weight excluding hydrogens is 306 g/mol. The lowest BCUT2D eigenvalue weighted by molar-refractivity contribution is -0.140. The van der Waals surface area contributed by atoms with Gasteiger partial charge < -0.3 is 14.5 Å². The molecule has 0 unspecified atom stereocenters. The van der Waals surface area contributed by atoms with E-state index in [4.69, 9.17) is 4.74 Å². The molecule has 3 fully saturated rings. The molecule has 0 aromatic heterocycles. The van der Waals surface area contributed by atoms with Crippen molar-refractivity contribution >= 4 is 11.8 Å². The van der Waals surface area contributed by atoms with Crippen LogP contribution in [0, 0.1) is 0 Å². The van der Waals surface area contributed by atoms with Gasteiger partial charge in [-0.3, -0.25) is 14.5 Å². The Balaban J connectivity index is 1.59. The van der Waals surface area contributed by atoms with Crippen LogP contribution in [-0.4, -0.2) is 84.0 Å². The lowest BCUT2D eigenvalue weighted by Gasteiger charge is -2.37. The van der Waals surface area contributed by atoms with Crippen LogP contribution in [0.1, 0.15) is 46.0 Å². The molecule has 3 saturated heterocycles. The van der Waals surface area contributed by atoms with E-state index in [1.54, 1.807) is 6.92 Å². The van der Waals surface area contributed by atoms with Crippen LogP contribution in [0.2, 0.25) is 0 Å². The van der Waals surface area contributed by atoms with Crippen molar-refractivity contribution < 1.29 is 14.3 Å². The van der Waals surface area contributed by atoms with E-state index in [0.29, 0.717) is 31.8 Å². The Morgan fingerprint density at radius 2 is 1.83 bits per heavy atom. The predicted molar refractivity (Wildman–Crippen MR) is 91.6 cm³/mol. The molecule has 136 valence electrons. The zero-order chi connectivity index (χ0) is 17.1. The van der Waals surface area contributed by atoms with E-state index in [1.807, 2.05) is 9.80 Å². The van der Waals surface area contributed by atoms with Crippen LogP contribution in [0.4, 0.5) is 0 Å². The Bertz CT molecular complexity index is 470. The smallest absolute Gasteiger partial charge is 0.236 e. The molecule has 0 aliphatic carbocycles. The fourth-order valence-electron chi connectivity index (χ4n) is 4.53. The second-order valence-corrected chi connectivity index (χ2v) is 7.34. The molecule has 0 saturated carbocycles. The number of morpholine rings is 1. The SMILES string of the molecule is CC[C@@H]1CN(C(=O)CN2CCC[C@H]2[C@@H]2CCCN2C(C)=O)CCO1. The zero-order valence-electron chi connectivity index (χ0n) is 15.1. The minimum Gasteiger partial charge on any atom is -0.375 e. The molecule has 24 heavy (non-hydrogen) atoms. The highest BCUT2D eigenvalue weighted by Gasteiger charge is 2.39. The average Bonchev–Trinajstić information content (AvgIpc) is 3.23. The molecule has 3 aliphatic heterocycles. The van der Waals surface area contributed by atoms with Gasteiger partial charge in [0.15, 0.2) is 0 Å². The van der Waals surface area contributed by atoms with Gasteiger partial charge in [0.05, 0.1) is 19.3 Å². The number of rotatable bonds is 4. The second-order valence-electron chi connectivity index (χ2n) is 7.34. The molecule has 0 spiro atoms. The Morgan fingerprint density at radius 1 is 1.08 bits per heavy atom. The summed E-state index contributed by atoms with van der Waals surface area (Å²) in [5, 5.41) is 0. The van der Waals surface area contributed by atoms with Crippen molar-refractivity contribution in [3.63, 3.8) is 0 Å². The van der Waals surface area contributed by atoms with Gasteiger partial charge in [0.1, 0.15) is 0 Å². The first kappa shape index (κ1) is 17.7. The van der Waals surface area contributed by atoms with Crippen LogP contribution in [0.15, 0.2) is 0 Å². The molecule has 3 rings (SSSR count). The van der Waals surface area contributed by atoms with Gasteiger partial charge in [-0.1, -0.05) is 6.92 Å². The monoisotopic (exact) mass is 337 g/mol. The third-order valence-corrected chi connectivity index (χ3v) is 5.85. The Kier molecular flexibility index (Phi) is 5.76. The fraction of sp³-hybridized carbons (Fsp3) is 0.889. The van der Waals surface area contributed by atoms with Crippen molar-refractivity contribution in [2.45, 2.75) is 64.1 Å². The number of amides is 2. The molecule has 6 heteroatoms. The number of hydrogen-bond acceptors (Lipinski definition) is 4. The van der Waals surface area contributed by atoms with Gasteiger partial charge in [0.25, 0.3) is 0 Å². The fourth-order valence-corrected chi connectivity index (χ4v) is 4.53.